The molecule has 0 fully saturated rings. The smallest absolute Gasteiger partial charge is 0.162 e. The van der Waals surface area contributed by atoms with E-state index >= 15 is 0 Å². The topological polar surface area (TPSA) is 70.1 Å². The lowest BCUT2D eigenvalue weighted by Crippen LogP contribution is -2.42. The Labute approximate surface area is 189 Å². The van der Waals surface area contributed by atoms with Gasteiger partial charge in [-0.05, 0) is 53.8 Å². The van der Waals surface area contributed by atoms with Crippen LogP contribution in [-0.2, 0) is 4.79 Å². The highest BCUT2D eigenvalue weighted by Crippen LogP contribution is 2.50. The molecule has 4 nitrogen and oxygen atoms in total. The van der Waals surface area contributed by atoms with E-state index < -0.39 is 5.92 Å². The predicted octanol–water partition coefficient (Wildman–Crippen LogP) is 6.04. The van der Waals surface area contributed by atoms with Gasteiger partial charge in [0.15, 0.2) is 5.78 Å². The highest BCUT2D eigenvalue weighted by atomic mass is 79.9. The van der Waals surface area contributed by atoms with Gasteiger partial charge in [0.1, 0.15) is 5.82 Å². The fraction of sp³-hybridized carbons (Fsp3) is 0.250. The van der Waals surface area contributed by atoms with Crippen LogP contribution < -0.4 is 10.6 Å². The summed E-state index contributed by atoms with van der Waals surface area (Å²) in [4.78, 5) is 15.3. The minimum Gasteiger partial charge on any atom is -0.384 e. The van der Waals surface area contributed by atoms with Crippen LogP contribution in [0.1, 0.15) is 38.2 Å². The summed E-state index contributed by atoms with van der Waals surface area (Å²) in [6.07, 6.45) is 1.12. The van der Waals surface area contributed by atoms with Gasteiger partial charge in [-0.1, -0.05) is 53.5 Å². The minimum atomic E-state index is -0.467. The summed E-state index contributed by atoms with van der Waals surface area (Å²) in [5.41, 5.74) is 9.99. The number of nitrogens with two attached hydrogens (primary N) is 1. The summed E-state index contributed by atoms with van der Waals surface area (Å²) in [6, 6.07) is 17.3. The zero-order valence-electron chi connectivity index (χ0n) is 16.7. The van der Waals surface area contributed by atoms with Gasteiger partial charge in [-0.15, -0.1) is 0 Å². The van der Waals surface area contributed by atoms with Crippen LogP contribution in [-0.4, -0.2) is 5.78 Å². The average Bonchev–Trinajstić information content (AvgIpc) is 2.68. The molecular weight excluding hydrogens is 462 g/mol. The van der Waals surface area contributed by atoms with Gasteiger partial charge >= 0.3 is 0 Å². The first kappa shape index (κ1) is 20.7. The molecule has 1 aliphatic carbocycles. The molecule has 30 heavy (non-hydrogen) atoms. The fourth-order valence-electron chi connectivity index (χ4n) is 4.38. The molecule has 4 rings (SSSR count). The van der Waals surface area contributed by atoms with Crippen molar-refractivity contribution in [3.63, 3.8) is 0 Å². The van der Waals surface area contributed by atoms with E-state index in [4.69, 9.17) is 17.3 Å². The number of hydrogen-bond acceptors (Lipinski definition) is 4. The van der Waals surface area contributed by atoms with Crippen molar-refractivity contribution in [2.45, 2.75) is 32.6 Å². The molecule has 0 saturated carbocycles. The Morgan fingerprint density at radius 1 is 1.13 bits per heavy atom. The number of rotatable bonds is 2. The predicted molar refractivity (Wildman–Crippen MR) is 123 cm³/mol. The molecule has 2 aromatic rings. The molecule has 0 spiro atoms. The van der Waals surface area contributed by atoms with Crippen LogP contribution in [0.3, 0.4) is 0 Å². The molecule has 0 unspecified atom stereocenters. The van der Waals surface area contributed by atoms with E-state index in [9.17, 15) is 10.1 Å². The Hall–Kier alpha value is -2.55. The third-order valence-corrected chi connectivity index (χ3v) is 6.45. The summed E-state index contributed by atoms with van der Waals surface area (Å²) in [5, 5.41) is 10.7. The van der Waals surface area contributed by atoms with Gasteiger partial charge in [0, 0.05) is 32.9 Å². The van der Waals surface area contributed by atoms with Crippen molar-refractivity contribution in [3.05, 3.63) is 86.3 Å². The van der Waals surface area contributed by atoms with Crippen molar-refractivity contribution in [3.8, 4) is 6.07 Å². The van der Waals surface area contributed by atoms with Crippen LogP contribution in [0.4, 0.5) is 5.69 Å². The molecule has 0 amide bonds. The first-order chi connectivity index (χ1) is 14.2. The van der Waals surface area contributed by atoms with Gasteiger partial charge in [-0.3, -0.25) is 9.69 Å². The maximum atomic E-state index is 13.4. The second-order valence-corrected chi connectivity index (χ2v) is 9.86. The molecule has 152 valence electrons. The van der Waals surface area contributed by atoms with E-state index in [-0.39, 0.29) is 11.2 Å². The zero-order chi connectivity index (χ0) is 21.6. The number of benzene rings is 2. The standard InChI is InChI=1S/C24H21BrClN3O/c1-24(2)11-19-22(20(30)12-24)21(14-3-5-15(25)6-4-14)18(13-27)23(28)29(19)17-9-7-16(26)8-10-17/h3-10,21H,11-12,28H2,1-2H3/t21-/m0/s1. The second-order valence-electron chi connectivity index (χ2n) is 8.51. The van der Waals surface area contributed by atoms with Gasteiger partial charge in [-0.25, -0.2) is 0 Å². The van der Waals surface area contributed by atoms with E-state index in [2.05, 4.69) is 35.8 Å². The highest BCUT2D eigenvalue weighted by Gasteiger charge is 2.44. The fourth-order valence-corrected chi connectivity index (χ4v) is 4.77. The number of ketones is 1. The minimum absolute atomic E-state index is 0.0633. The number of Topliss-reactive ketones (excluding diaryl/α,β-unsaturated/α-hetero) is 1. The van der Waals surface area contributed by atoms with Crippen LogP contribution >= 0.6 is 27.5 Å². The molecule has 0 aromatic heterocycles. The van der Waals surface area contributed by atoms with Crippen molar-refractivity contribution in [1.82, 2.24) is 0 Å². The zero-order valence-corrected chi connectivity index (χ0v) is 19.1. The van der Waals surface area contributed by atoms with Gasteiger partial charge < -0.3 is 5.73 Å². The number of hydrogen-bond donors (Lipinski definition) is 1. The largest absolute Gasteiger partial charge is 0.384 e. The lowest BCUT2D eigenvalue weighted by molar-refractivity contribution is -0.118. The molecule has 1 heterocycles. The number of nitriles is 1. The van der Waals surface area contributed by atoms with Gasteiger partial charge in [0.2, 0.25) is 0 Å². The molecule has 0 radical (unpaired) electrons. The third-order valence-electron chi connectivity index (χ3n) is 5.67. The Balaban J connectivity index is 1.98. The van der Waals surface area contributed by atoms with Crippen molar-refractivity contribution in [2.75, 3.05) is 4.90 Å². The Bertz CT molecular complexity index is 1120. The van der Waals surface area contributed by atoms with E-state index in [1.54, 1.807) is 12.1 Å². The summed E-state index contributed by atoms with van der Waals surface area (Å²) in [6.45, 7) is 4.17. The Morgan fingerprint density at radius 3 is 2.37 bits per heavy atom. The molecule has 1 aliphatic heterocycles. The van der Waals surface area contributed by atoms with E-state index in [0.29, 0.717) is 34.8 Å². The van der Waals surface area contributed by atoms with E-state index in [0.717, 1.165) is 21.4 Å². The lowest BCUT2D eigenvalue weighted by Gasteiger charge is -2.43. The normalized spacial score (nSPS) is 20.8. The van der Waals surface area contributed by atoms with E-state index in [1.807, 2.05) is 41.3 Å². The monoisotopic (exact) mass is 481 g/mol. The molecule has 0 saturated heterocycles. The third kappa shape index (κ3) is 3.55. The van der Waals surface area contributed by atoms with Crippen LogP contribution in [0.25, 0.3) is 0 Å². The SMILES string of the molecule is CC1(C)CC(=O)C2=C(C1)N(c1ccc(Cl)cc1)C(N)=C(C#N)[C@@H]2c1ccc(Br)cc1. The summed E-state index contributed by atoms with van der Waals surface area (Å²) in [5.74, 6) is -0.0457. The number of carbonyl (C=O) groups excluding carboxylic acids is 1. The van der Waals surface area contributed by atoms with Crippen molar-refractivity contribution >= 4 is 39.0 Å². The van der Waals surface area contributed by atoms with Crippen molar-refractivity contribution in [2.24, 2.45) is 11.1 Å². The molecule has 2 N–H and O–H groups in total. The van der Waals surface area contributed by atoms with Gasteiger partial charge in [0.05, 0.1) is 17.6 Å². The number of nitrogens with zero attached hydrogens (tertiary/aromatic N) is 2. The van der Waals surface area contributed by atoms with Crippen LogP contribution in [0.5, 0.6) is 0 Å². The molecule has 2 aliphatic rings. The number of halogens is 2. The summed E-state index contributed by atoms with van der Waals surface area (Å²) < 4.78 is 0.936. The number of anilines is 1. The maximum Gasteiger partial charge on any atom is 0.162 e. The molecule has 2 aromatic carbocycles. The van der Waals surface area contributed by atoms with Crippen LogP contribution in [0.15, 0.2) is 75.7 Å². The molecular formula is C24H21BrClN3O. The summed E-state index contributed by atoms with van der Waals surface area (Å²) >= 11 is 9.54. The van der Waals surface area contributed by atoms with Crippen LogP contribution in [0.2, 0.25) is 5.02 Å². The first-order valence-electron chi connectivity index (χ1n) is 9.69. The van der Waals surface area contributed by atoms with Crippen LogP contribution in [0, 0.1) is 16.7 Å². The number of allylic oxidation sites excluding steroid dienone is 3. The van der Waals surface area contributed by atoms with Gasteiger partial charge in [-0.2, -0.15) is 5.26 Å². The summed E-state index contributed by atoms with van der Waals surface area (Å²) in [7, 11) is 0. The van der Waals surface area contributed by atoms with E-state index in [1.165, 1.54) is 0 Å². The quantitative estimate of drug-likeness (QED) is 0.566. The maximum absolute atomic E-state index is 13.4. The average molecular weight is 483 g/mol. The van der Waals surface area contributed by atoms with Crippen molar-refractivity contribution in [1.29, 1.82) is 5.26 Å². The Morgan fingerprint density at radius 2 is 1.77 bits per heavy atom. The first-order valence-corrected chi connectivity index (χ1v) is 10.9. The highest BCUT2D eigenvalue weighted by molar-refractivity contribution is 9.10. The van der Waals surface area contributed by atoms with Gasteiger partial charge in [0.25, 0.3) is 0 Å². The Kier molecular flexibility index (Phi) is 5.25. The second kappa shape index (κ2) is 7.61. The molecule has 0 bridgehead atoms. The molecule has 1 atom stereocenters. The number of carbonyl (C=O) groups is 1. The van der Waals surface area contributed by atoms with Crippen molar-refractivity contribution < 1.29 is 4.79 Å². The molecule has 6 heteroatoms. The lowest BCUT2D eigenvalue weighted by atomic mass is 9.68.